The molecule has 3 heteroatoms. The molecule has 0 aliphatic heterocycles. The highest BCUT2D eigenvalue weighted by molar-refractivity contribution is 6.30. The molecule has 0 amide bonds. The molecule has 0 unspecified atom stereocenters. The summed E-state index contributed by atoms with van der Waals surface area (Å²) in [5.74, 6) is 7.54. The summed E-state index contributed by atoms with van der Waals surface area (Å²) in [6.45, 7) is 3.80. The van der Waals surface area contributed by atoms with Crippen molar-refractivity contribution in [3.05, 3.63) is 65.6 Å². The summed E-state index contributed by atoms with van der Waals surface area (Å²) in [5, 5.41) is 0.121. The van der Waals surface area contributed by atoms with Crippen molar-refractivity contribution in [1.82, 2.24) is 4.98 Å². The molecular weight excluding hydrogens is 345 g/mol. The van der Waals surface area contributed by atoms with Crippen LogP contribution in [0, 0.1) is 29.5 Å². The smallest absolute Gasteiger partial charge is 0.142 e. The van der Waals surface area contributed by atoms with Crippen molar-refractivity contribution in [2.24, 2.45) is 11.8 Å². The highest BCUT2D eigenvalue weighted by Crippen LogP contribution is 2.31. The number of hydrogen-bond donors (Lipinski definition) is 0. The second-order valence-corrected chi connectivity index (χ2v) is 7.32. The van der Waals surface area contributed by atoms with Gasteiger partial charge in [-0.1, -0.05) is 35.6 Å². The first kappa shape index (κ1) is 18.7. The molecular formula is C23H23ClFN. The van der Waals surface area contributed by atoms with E-state index in [4.69, 9.17) is 11.6 Å². The van der Waals surface area contributed by atoms with Crippen molar-refractivity contribution < 1.29 is 4.39 Å². The van der Waals surface area contributed by atoms with E-state index in [0.717, 1.165) is 17.9 Å². The van der Waals surface area contributed by atoms with Crippen LogP contribution in [0.4, 0.5) is 4.39 Å². The molecule has 26 heavy (non-hydrogen) atoms. The molecule has 0 radical (unpaired) electrons. The fourth-order valence-corrected chi connectivity index (χ4v) is 3.55. The minimum atomic E-state index is -0.432. The molecule has 3 rings (SSSR count). The largest absolute Gasteiger partial charge is 0.255 e. The molecule has 1 aliphatic carbocycles. The molecule has 1 aliphatic rings. The van der Waals surface area contributed by atoms with E-state index in [0.29, 0.717) is 17.2 Å². The number of halogens is 2. The Balaban J connectivity index is 1.59. The summed E-state index contributed by atoms with van der Waals surface area (Å²) in [4.78, 5) is 4.41. The van der Waals surface area contributed by atoms with Gasteiger partial charge in [-0.2, -0.15) is 0 Å². The second kappa shape index (κ2) is 9.01. The van der Waals surface area contributed by atoms with E-state index >= 15 is 0 Å². The number of rotatable bonds is 4. The number of hydrogen-bond acceptors (Lipinski definition) is 1. The normalized spacial score (nSPS) is 19.5. The molecule has 1 aromatic carbocycles. The van der Waals surface area contributed by atoms with E-state index < -0.39 is 5.82 Å². The summed E-state index contributed by atoms with van der Waals surface area (Å²) in [7, 11) is 0. The Morgan fingerprint density at radius 3 is 2.65 bits per heavy atom. The predicted octanol–water partition coefficient (Wildman–Crippen LogP) is 6.67. The monoisotopic (exact) mass is 367 g/mol. The van der Waals surface area contributed by atoms with Gasteiger partial charge in [0.15, 0.2) is 0 Å². The van der Waals surface area contributed by atoms with E-state index in [-0.39, 0.29) is 5.02 Å². The number of benzene rings is 1. The topological polar surface area (TPSA) is 12.9 Å². The summed E-state index contributed by atoms with van der Waals surface area (Å²) in [5.41, 5.74) is 2.33. The van der Waals surface area contributed by atoms with Crippen LogP contribution in [0.1, 0.15) is 44.1 Å². The summed E-state index contributed by atoms with van der Waals surface area (Å²) >= 11 is 5.72. The van der Waals surface area contributed by atoms with Crippen LogP contribution in [0.25, 0.3) is 11.3 Å². The average Bonchev–Trinajstić information content (AvgIpc) is 2.68. The van der Waals surface area contributed by atoms with E-state index in [1.54, 1.807) is 18.3 Å². The Labute approximate surface area is 160 Å². The van der Waals surface area contributed by atoms with E-state index in [2.05, 4.69) is 23.4 Å². The fraction of sp³-hybridized carbons (Fsp3) is 0.348. The standard InChI is InChI=1S/C23H23ClFN/c1-2-3-4-17-5-7-18(8-6-17)9-10-19-11-14-23(26-16-19)20-12-13-21(24)22(25)15-20/h2,11-18H,1,3-8H2/t17-,18-. The Bertz CT molecular complexity index is 808. The van der Waals surface area contributed by atoms with Gasteiger partial charge in [0.2, 0.25) is 0 Å². The number of pyridine rings is 1. The van der Waals surface area contributed by atoms with E-state index in [9.17, 15) is 4.39 Å². The lowest BCUT2D eigenvalue weighted by atomic mass is 9.80. The molecule has 1 saturated carbocycles. The third kappa shape index (κ3) is 4.96. The minimum absolute atomic E-state index is 0.121. The molecule has 0 N–H and O–H groups in total. The van der Waals surface area contributed by atoms with Gasteiger partial charge in [0, 0.05) is 23.2 Å². The van der Waals surface area contributed by atoms with Gasteiger partial charge in [0.1, 0.15) is 5.82 Å². The molecule has 1 nitrogen and oxygen atoms in total. The van der Waals surface area contributed by atoms with Gasteiger partial charge in [-0.3, -0.25) is 4.98 Å². The van der Waals surface area contributed by atoms with Gasteiger partial charge in [0.05, 0.1) is 10.7 Å². The van der Waals surface area contributed by atoms with Crippen LogP contribution < -0.4 is 0 Å². The van der Waals surface area contributed by atoms with Gasteiger partial charge >= 0.3 is 0 Å². The maximum atomic E-state index is 13.6. The van der Waals surface area contributed by atoms with Gasteiger partial charge in [-0.25, -0.2) is 4.39 Å². The third-order valence-corrected chi connectivity index (χ3v) is 5.33. The highest BCUT2D eigenvalue weighted by Gasteiger charge is 2.19. The summed E-state index contributed by atoms with van der Waals surface area (Å²) in [6.07, 6.45) is 11.1. The Morgan fingerprint density at radius 2 is 2.00 bits per heavy atom. The first-order valence-corrected chi connectivity index (χ1v) is 9.57. The lowest BCUT2D eigenvalue weighted by Gasteiger charge is -2.25. The van der Waals surface area contributed by atoms with Crippen LogP contribution in [-0.4, -0.2) is 4.98 Å². The van der Waals surface area contributed by atoms with Crippen molar-refractivity contribution in [1.29, 1.82) is 0 Å². The van der Waals surface area contributed by atoms with E-state index in [1.165, 1.54) is 38.2 Å². The molecule has 0 spiro atoms. The lowest BCUT2D eigenvalue weighted by Crippen LogP contribution is -2.13. The van der Waals surface area contributed by atoms with Gasteiger partial charge < -0.3 is 0 Å². The van der Waals surface area contributed by atoms with Crippen LogP contribution in [0.5, 0.6) is 0 Å². The highest BCUT2D eigenvalue weighted by atomic mass is 35.5. The Morgan fingerprint density at radius 1 is 1.19 bits per heavy atom. The molecule has 1 fully saturated rings. The van der Waals surface area contributed by atoms with Crippen molar-refractivity contribution in [3.8, 4) is 23.1 Å². The zero-order valence-corrected chi connectivity index (χ0v) is 15.6. The first-order chi connectivity index (χ1) is 12.7. The molecule has 134 valence electrons. The van der Waals surface area contributed by atoms with Crippen LogP contribution in [0.15, 0.2) is 49.2 Å². The van der Waals surface area contributed by atoms with Crippen molar-refractivity contribution >= 4 is 11.6 Å². The van der Waals surface area contributed by atoms with Crippen molar-refractivity contribution in [2.75, 3.05) is 0 Å². The number of nitrogens with zero attached hydrogens (tertiary/aromatic N) is 1. The summed E-state index contributed by atoms with van der Waals surface area (Å²) in [6, 6.07) is 8.54. The van der Waals surface area contributed by atoms with E-state index in [1.807, 2.05) is 18.2 Å². The summed E-state index contributed by atoms with van der Waals surface area (Å²) < 4.78 is 13.6. The average molecular weight is 368 g/mol. The van der Waals surface area contributed by atoms with Gasteiger partial charge in [0.25, 0.3) is 0 Å². The predicted molar refractivity (Wildman–Crippen MR) is 106 cm³/mol. The van der Waals surface area contributed by atoms with Crippen LogP contribution >= 0.6 is 11.6 Å². The maximum Gasteiger partial charge on any atom is 0.142 e. The quantitative estimate of drug-likeness (QED) is 0.434. The van der Waals surface area contributed by atoms with Crippen LogP contribution in [0.3, 0.4) is 0 Å². The van der Waals surface area contributed by atoms with Crippen molar-refractivity contribution in [3.63, 3.8) is 0 Å². The molecule has 0 bridgehead atoms. The van der Waals surface area contributed by atoms with Gasteiger partial charge in [-0.05, 0) is 68.7 Å². The number of aromatic nitrogens is 1. The SMILES string of the molecule is C=CCC[C@H]1CC[C@H](C#Cc2ccc(-c3ccc(Cl)c(F)c3)nc2)CC1. The number of allylic oxidation sites excluding steroid dienone is 1. The lowest BCUT2D eigenvalue weighted by molar-refractivity contribution is 0.303. The zero-order chi connectivity index (χ0) is 18.4. The molecule has 1 heterocycles. The van der Waals surface area contributed by atoms with Crippen LogP contribution in [-0.2, 0) is 0 Å². The second-order valence-electron chi connectivity index (χ2n) is 6.91. The van der Waals surface area contributed by atoms with Crippen molar-refractivity contribution in [2.45, 2.75) is 38.5 Å². The molecule has 0 atom stereocenters. The molecule has 1 aromatic heterocycles. The Kier molecular flexibility index (Phi) is 6.47. The maximum absolute atomic E-state index is 13.6. The zero-order valence-electron chi connectivity index (χ0n) is 14.8. The molecule has 0 saturated heterocycles. The van der Waals surface area contributed by atoms with Gasteiger partial charge in [-0.15, -0.1) is 6.58 Å². The Hall–Kier alpha value is -2.11. The minimum Gasteiger partial charge on any atom is -0.255 e. The fourth-order valence-electron chi connectivity index (χ4n) is 3.43. The molecule has 2 aromatic rings. The third-order valence-electron chi connectivity index (χ3n) is 5.03. The first-order valence-electron chi connectivity index (χ1n) is 9.19. The van der Waals surface area contributed by atoms with Crippen LogP contribution in [0.2, 0.25) is 5.02 Å².